The maximum Gasteiger partial charge on any atom is 0.129 e. The van der Waals surface area contributed by atoms with E-state index in [1.54, 1.807) is 0 Å². The molecule has 23 heavy (non-hydrogen) atoms. The first kappa shape index (κ1) is 16.6. The van der Waals surface area contributed by atoms with E-state index in [1.165, 1.54) is 29.5 Å². The molecule has 1 aromatic carbocycles. The van der Waals surface area contributed by atoms with Crippen LogP contribution in [0.15, 0.2) is 12.1 Å². The number of benzene rings is 1. The topological polar surface area (TPSA) is 9.23 Å². The third-order valence-electron chi connectivity index (χ3n) is 4.69. The van der Waals surface area contributed by atoms with E-state index in [1.807, 2.05) is 0 Å². The Balaban J connectivity index is 2.14. The molecule has 124 valence electrons. The van der Waals surface area contributed by atoms with Gasteiger partial charge in [-0.05, 0) is 62.1 Å². The van der Waals surface area contributed by atoms with Crippen LogP contribution in [0.25, 0.3) is 0 Å². The monoisotopic (exact) mass is 326 g/mol. The van der Waals surface area contributed by atoms with Crippen molar-refractivity contribution in [3.8, 4) is 17.2 Å². The second-order valence-corrected chi connectivity index (χ2v) is 14.4. The second kappa shape index (κ2) is 5.15. The average Bonchev–Trinajstić information content (AvgIpc) is 3.17. The third kappa shape index (κ3) is 3.66. The lowest BCUT2D eigenvalue weighted by Crippen LogP contribution is -2.41. The zero-order valence-corrected chi connectivity index (χ0v) is 16.8. The number of rotatable bonds is 1. The van der Waals surface area contributed by atoms with Gasteiger partial charge in [0.15, 0.2) is 0 Å². The summed E-state index contributed by atoms with van der Waals surface area (Å²) in [6.07, 6.45) is 3.63. The summed E-state index contributed by atoms with van der Waals surface area (Å²) in [5.74, 6) is 5.31. The van der Waals surface area contributed by atoms with Crippen molar-refractivity contribution in [1.29, 1.82) is 0 Å². The van der Waals surface area contributed by atoms with Gasteiger partial charge in [-0.1, -0.05) is 39.4 Å². The Labute approximate surface area is 142 Å². The maximum atomic E-state index is 6.45. The van der Waals surface area contributed by atoms with Crippen molar-refractivity contribution in [2.75, 3.05) is 0 Å². The minimum absolute atomic E-state index is 0.0916. The van der Waals surface area contributed by atoms with Crippen LogP contribution in [0.5, 0.6) is 5.75 Å². The van der Waals surface area contributed by atoms with Crippen molar-refractivity contribution in [1.82, 2.24) is 0 Å². The first-order valence-corrected chi connectivity index (χ1v) is 12.4. The number of fused-ring (bicyclic) bond motifs is 1. The highest BCUT2D eigenvalue weighted by Crippen LogP contribution is 2.52. The molecule has 0 atom stereocenters. The molecule has 0 amide bonds. The van der Waals surface area contributed by atoms with Crippen LogP contribution in [0.3, 0.4) is 0 Å². The maximum absolute atomic E-state index is 6.45. The minimum atomic E-state index is -1.36. The predicted molar refractivity (Wildman–Crippen MR) is 101 cm³/mol. The van der Waals surface area contributed by atoms with Gasteiger partial charge < -0.3 is 4.74 Å². The van der Waals surface area contributed by atoms with E-state index in [0.29, 0.717) is 5.92 Å². The van der Waals surface area contributed by atoms with Gasteiger partial charge in [0.25, 0.3) is 0 Å². The molecule has 0 radical (unpaired) electrons. The lowest BCUT2D eigenvalue weighted by molar-refractivity contribution is 0.0521. The molecule has 1 nitrogen and oxygen atoms in total. The molecule has 0 unspecified atom stereocenters. The molecule has 0 spiro atoms. The normalized spacial score (nSPS) is 21.7. The van der Waals surface area contributed by atoms with Crippen molar-refractivity contribution >= 4 is 8.07 Å². The molecule has 1 aliphatic carbocycles. The SMILES string of the molecule is CC1(C)CC(C)(C)c2cc(C#C[Si](C)(C)C)cc(C3CC3)c2O1. The van der Waals surface area contributed by atoms with E-state index in [4.69, 9.17) is 4.74 Å². The Morgan fingerprint density at radius 3 is 2.30 bits per heavy atom. The van der Waals surface area contributed by atoms with E-state index < -0.39 is 8.07 Å². The summed E-state index contributed by atoms with van der Waals surface area (Å²) >= 11 is 0. The molecule has 1 aliphatic heterocycles. The van der Waals surface area contributed by atoms with Crippen LogP contribution >= 0.6 is 0 Å². The first-order valence-electron chi connectivity index (χ1n) is 8.88. The van der Waals surface area contributed by atoms with Gasteiger partial charge in [-0.3, -0.25) is 0 Å². The molecular formula is C21H30OSi. The highest BCUT2D eigenvalue weighted by Gasteiger charge is 2.42. The highest BCUT2D eigenvalue weighted by molar-refractivity contribution is 6.83. The van der Waals surface area contributed by atoms with Gasteiger partial charge in [-0.2, -0.15) is 0 Å². The fraction of sp³-hybridized carbons (Fsp3) is 0.619. The Kier molecular flexibility index (Phi) is 3.72. The fourth-order valence-corrected chi connectivity index (χ4v) is 4.29. The van der Waals surface area contributed by atoms with Crippen LogP contribution in [0.1, 0.15) is 69.6 Å². The van der Waals surface area contributed by atoms with Crippen LogP contribution in [0.4, 0.5) is 0 Å². The predicted octanol–water partition coefficient (Wildman–Crippen LogP) is 5.63. The third-order valence-corrected chi connectivity index (χ3v) is 5.57. The van der Waals surface area contributed by atoms with Crippen molar-refractivity contribution in [3.05, 3.63) is 28.8 Å². The largest absolute Gasteiger partial charge is 0.487 e. The van der Waals surface area contributed by atoms with E-state index in [-0.39, 0.29) is 11.0 Å². The van der Waals surface area contributed by atoms with Crippen LogP contribution in [-0.4, -0.2) is 13.7 Å². The zero-order chi connectivity index (χ0) is 17.0. The molecule has 3 rings (SSSR count). The lowest BCUT2D eigenvalue weighted by Gasteiger charge is -2.43. The van der Waals surface area contributed by atoms with Crippen LogP contribution in [-0.2, 0) is 5.41 Å². The standard InChI is InChI=1S/C21H30OSi/c1-20(2)14-21(3,4)22-19-17(16-8-9-16)12-15(13-18(19)20)10-11-23(5,6)7/h12-13,16H,8-9,14H2,1-7H3. The van der Waals surface area contributed by atoms with E-state index in [0.717, 1.165) is 12.2 Å². The molecule has 2 aliphatic rings. The molecule has 1 saturated carbocycles. The summed E-state index contributed by atoms with van der Waals surface area (Å²) in [6, 6.07) is 4.60. The Bertz CT molecular complexity index is 691. The average molecular weight is 327 g/mol. The molecule has 0 aromatic heterocycles. The Morgan fingerprint density at radius 2 is 1.74 bits per heavy atom. The van der Waals surface area contributed by atoms with Crippen molar-refractivity contribution in [2.45, 2.75) is 83.5 Å². The summed E-state index contributed by atoms with van der Waals surface area (Å²) in [4.78, 5) is 0. The molecule has 0 saturated heterocycles. The summed E-state index contributed by atoms with van der Waals surface area (Å²) in [7, 11) is -1.36. The molecule has 2 heteroatoms. The summed E-state index contributed by atoms with van der Waals surface area (Å²) in [6.45, 7) is 16.0. The van der Waals surface area contributed by atoms with Gasteiger partial charge in [0.1, 0.15) is 19.4 Å². The van der Waals surface area contributed by atoms with Gasteiger partial charge >= 0.3 is 0 Å². The van der Waals surface area contributed by atoms with Gasteiger partial charge in [-0.25, -0.2) is 0 Å². The molecule has 0 bridgehead atoms. The molecule has 1 heterocycles. The lowest BCUT2D eigenvalue weighted by atomic mass is 9.72. The van der Waals surface area contributed by atoms with Crippen molar-refractivity contribution < 1.29 is 4.74 Å². The summed E-state index contributed by atoms with van der Waals surface area (Å²) < 4.78 is 6.45. The minimum Gasteiger partial charge on any atom is -0.487 e. The summed E-state index contributed by atoms with van der Waals surface area (Å²) in [5, 5.41) is 0. The molecule has 1 aromatic rings. The highest BCUT2D eigenvalue weighted by atomic mass is 28.3. The second-order valence-electron chi connectivity index (χ2n) is 9.64. The Morgan fingerprint density at radius 1 is 1.09 bits per heavy atom. The Hall–Kier alpha value is -1.20. The number of ether oxygens (including phenoxy) is 1. The van der Waals surface area contributed by atoms with Crippen molar-refractivity contribution in [2.24, 2.45) is 0 Å². The fourth-order valence-electron chi connectivity index (χ4n) is 3.77. The van der Waals surface area contributed by atoms with Crippen LogP contribution in [0, 0.1) is 11.5 Å². The van der Waals surface area contributed by atoms with Crippen LogP contribution < -0.4 is 4.74 Å². The van der Waals surface area contributed by atoms with E-state index >= 15 is 0 Å². The summed E-state index contributed by atoms with van der Waals surface area (Å²) in [5.41, 5.74) is 7.52. The van der Waals surface area contributed by atoms with Gasteiger partial charge in [0.05, 0.1) is 0 Å². The quantitative estimate of drug-likeness (QED) is 0.480. The molecule has 1 fully saturated rings. The molecule has 0 N–H and O–H groups in total. The van der Waals surface area contributed by atoms with Gasteiger partial charge in [0.2, 0.25) is 0 Å². The van der Waals surface area contributed by atoms with Gasteiger partial charge in [-0.15, -0.1) is 5.54 Å². The van der Waals surface area contributed by atoms with Gasteiger partial charge in [0, 0.05) is 11.1 Å². The van der Waals surface area contributed by atoms with E-state index in [9.17, 15) is 0 Å². The number of hydrogen-bond donors (Lipinski definition) is 0. The zero-order valence-electron chi connectivity index (χ0n) is 15.8. The smallest absolute Gasteiger partial charge is 0.129 e. The van der Waals surface area contributed by atoms with Crippen LogP contribution in [0.2, 0.25) is 19.6 Å². The first-order chi connectivity index (χ1) is 10.5. The van der Waals surface area contributed by atoms with Crippen molar-refractivity contribution in [3.63, 3.8) is 0 Å². The van der Waals surface area contributed by atoms with E-state index in [2.05, 4.69) is 70.9 Å². The number of hydrogen-bond acceptors (Lipinski definition) is 1. The molecular weight excluding hydrogens is 296 g/mol.